The number of carbonyl (C=O) groups excluding carboxylic acids is 2. The van der Waals surface area contributed by atoms with E-state index in [9.17, 15) is 9.59 Å². The van der Waals surface area contributed by atoms with Crippen molar-refractivity contribution >= 4 is 11.8 Å². The van der Waals surface area contributed by atoms with E-state index in [1.807, 2.05) is 49.1 Å². The molecule has 4 nitrogen and oxygen atoms in total. The first-order valence-electron chi connectivity index (χ1n) is 7.64. The van der Waals surface area contributed by atoms with Gasteiger partial charge in [0.1, 0.15) is 0 Å². The summed E-state index contributed by atoms with van der Waals surface area (Å²) in [7, 11) is 0. The zero-order valence-corrected chi connectivity index (χ0v) is 12.6. The Balaban J connectivity index is 1.65. The van der Waals surface area contributed by atoms with E-state index in [2.05, 4.69) is 5.32 Å². The Hall–Kier alpha value is -1.84. The van der Waals surface area contributed by atoms with Gasteiger partial charge in [-0.3, -0.25) is 9.59 Å². The van der Waals surface area contributed by atoms with Crippen molar-refractivity contribution in [3.8, 4) is 0 Å². The lowest BCUT2D eigenvalue weighted by molar-refractivity contribution is -0.129. The van der Waals surface area contributed by atoms with Crippen molar-refractivity contribution in [2.75, 3.05) is 6.54 Å². The van der Waals surface area contributed by atoms with Gasteiger partial charge in [-0.2, -0.15) is 0 Å². The summed E-state index contributed by atoms with van der Waals surface area (Å²) in [5.41, 5.74) is 0.649. The molecule has 2 fully saturated rings. The largest absolute Gasteiger partial charge is 0.347 e. The van der Waals surface area contributed by atoms with Gasteiger partial charge in [0.25, 0.3) is 0 Å². The van der Waals surface area contributed by atoms with Crippen LogP contribution in [-0.4, -0.2) is 29.3 Å². The van der Waals surface area contributed by atoms with Crippen molar-refractivity contribution in [1.29, 1.82) is 0 Å². The topological polar surface area (TPSA) is 49.4 Å². The van der Waals surface area contributed by atoms with Gasteiger partial charge < -0.3 is 10.2 Å². The van der Waals surface area contributed by atoms with Crippen LogP contribution in [0.5, 0.6) is 0 Å². The van der Waals surface area contributed by atoms with Crippen LogP contribution in [0.2, 0.25) is 0 Å². The Labute approximate surface area is 125 Å². The molecule has 1 aliphatic carbocycles. The summed E-state index contributed by atoms with van der Waals surface area (Å²) in [6.07, 6.45) is 2.54. The number of rotatable bonds is 4. The number of hydrogen-bond donors (Lipinski definition) is 1. The molecule has 1 saturated carbocycles. The zero-order valence-electron chi connectivity index (χ0n) is 12.6. The molecular weight excluding hydrogens is 264 g/mol. The standard InChI is InChI=1S/C17H22N2O2/c1-17(2,13-6-4-3-5-7-13)18-16(21)12-10-15(20)19(11-12)14-8-9-14/h3-7,12,14H,8-11H2,1-2H3,(H,18,21)/t12-/m1/s1. The Morgan fingerprint density at radius 2 is 1.90 bits per heavy atom. The molecule has 3 rings (SSSR count). The van der Waals surface area contributed by atoms with Gasteiger partial charge in [-0.05, 0) is 32.3 Å². The summed E-state index contributed by atoms with van der Waals surface area (Å²) in [5.74, 6) is -0.0865. The molecule has 1 aromatic rings. The summed E-state index contributed by atoms with van der Waals surface area (Å²) in [5, 5.41) is 3.10. The third-order valence-corrected chi connectivity index (χ3v) is 4.45. The van der Waals surface area contributed by atoms with Crippen molar-refractivity contribution in [2.45, 2.75) is 44.7 Å². The van der Waals surface area contributed by atoms with Gasteiger partial charge in [0.2, 0.25) is 11.8 Å². The summed E-state index contributed by atoms with van der Waals surface area (Å²) in [4.78, 5) is 26.3. The lowest BCUT2D eigenvalue weighted by Crippen LogP contribution is -2.44. The van der Waals surface area contributed by atoms with Crippen LogP contribution in [0, 0.1) is 5.92 Å². The quantitative estimate of drug-likeness (QED) is 0.921. The van der Waals surface area contributed by atoms with Gasteiger partial charge in [-0.1, -0.05) is 30.3 Å². The smallest absolute Gasteiger partial charge is 0.226 e. The normalized spacial score (nSPS) is 22.5. The highest BCUT2D eigenvalue weighted by atomic mass is 16.2. The maximum Gasteiger partial charge on any atom is 0.226 e. The third kappa shape index (κ3) is 2.94. The number of likely N-dealkylation sites (tertiary alicyclic amines) is 1. The maximum atomic E-state index is 12.5. The van der Waals surface area contributed by atoms with E-state index in [-0.39, 0.29) is 17.7 Å². The summed E-state index contributed by atoms with van der Waals surface area (Å²) < 4.78 is 0. The van der Waals surface area contributed by atoms with E-state index in [0.29, 0.717) is 19.0 Å². The van der Waals surface area contributed by atoms with E-state index in [1.165, 1.54) is 0 Å². The van der Waals surface area contributed by atoms with E-state index >= 15 is 0 Å². The molecule has 1 atom stereocenters. The monoisotopic (exact) mass is 286 g/mol. The first-order chi connectivity index (χ1) is 9.97. The number of hydrogen-bond acceptors (Lipinski definition) is 2. The number of carbonyl (C=O) groups is 2. The number of nitrogens with one attached hydrogen (secondary N) is 1. The lowest BCUT2D eigenvalue weighted by atomic mass is 9.93. The van der Waals surface area contributed by atoms with Crippen LogP contribution in [0.15, 0.2) is 30.3 Å². The molecule has 0 bridgehead atoms. The number of amides is 2. The van der Waals surface area contributed by atoms with Gasteiger partial charge in [0.15, 0.2) is 0 Å². The van der Waals surface area contributed by atoms with Crippen LogP contribution in [-0.2, 0) is 15.1 Å². The molecule has 1 aliphatic heterocycles. The molecule has 2 amide bonds. The Kier molecular flexibility index (Phi) is 3.47. The fourth-order valence-electron chi connectivity index (χ4n) is 2.98. The van der Waals surface area contributed by atoms with Crippen molar-refractivity contribution in [1.82, 2.24) is 10.2 Å². The molecule has 4 heteroatoms. The van der Waals surface area contributed by atoms with Crippen molar-refractivity contribution < 1.29 is 9.59 Å². The van der Waals surface area contributed by atoms with Gasteiger partial charge in [-0.15, -0.1) is 0 Å². The third-order valence-electron chi connectivity index (χ3n) is 4.45. The number of benzene rings is 1. The fraction of sp³-hybridized carbons (Fsp3) is 0.529. The Morgan fingerprint density at radius 1 is 1.24 bits per heavy atom. The van der Waals surface area contributed by atoms with E-state index in [4.69, 9.17) is 0 Å². The van der Waals surface area contributed by atoms with Crippen molar-refractivity contribution in [3.05, 3.63) is 35.9 Å². The van der Waals surface area contributed by atoms with E-state index < -0.39 is 5.54 Å². The van der Waals surface area contributed by atoms with Crippen LogP contribution in [0.25, 0.3) is 0 Å². The lowest BCUT2D eigenvalue weighted by Gasteiger charge is -2.28. The molecule has 1 saturated heterocycles. The highest BCUT2D eigenvalue weighted by Crippen LogP contribution is 2.33. The molecule has 112 valence electrons. The molecule has 0 spiro atoms. The van der Waals surface area contributed by atoms with Gasteiger partial charge in [-0.25, -0.2) is 0 Å². The molecule has 1 N–H and O–H groups in total. The van der Waals surface area contributed by atoms with Crippen LogP contribution in [0.1, 0.15) is 38.7 Å². The SMILES string of the molecule is CC(C)(NC(=O)[C@@H]1CC(=O)N(C2CC2)C1)c1ccccc1. The zero-order chi connectivity index (χ0) is 15.0. The van der Waals surface area contributed by atoms with E-state index in [0.717, 1.165) is 18.4 Å². The van der Waals surface area contributed by atoms with Crippen LogP contribution < -0.4 is 5.32 Å². The second-order valence-corrected chi connectivity index (χ2v) is 6.66. The highest BCUT2D eigenvalue weighted by molar-refractivity contribution is 5.89. The Bertz CT molecular complexity index is 549. The van der Waals surface area contributed by atoms with Gasteiger partial charge in [0.05, 0.1) is 11.5 Å². The molecule has 0 aromatic heterocycles. The number of nitrogens with zero attached hydrogens (tertiary/aromatic N) is 1. The van der Waals surface area contributed by atoms with Crippen LogP contribution in [0.3, 0.4) is 0 Å². The minimum Gasteiger partial charge on any atom is -0.347 e. The summed E-state index contributed by atoms with van der Waals surface area (Å²) in [6, 6.07) is 10.3. The first-order valence-corrected chi connectivity index (χ1v) is 7.64. The Morgan fingerprint density at radius 3 is 2.52 bits per heavy atom. The predicted octanol–water partition coefficient (Wildman–Crippen LogP) is 2.05. The second-order valence-electron chi connectivity index (χ2n) is 6.66. The molecule has 1 heterocycles. The molecular formula is C17H22N2O2. The maximum absolute atomic E-state index is 12.5. The molecule has 0 radical (unpaired) electrons. The van der Waals surface area contributed by atoms with Crippen molar-refractivity contribution in [2.24, 2.45) is 5.92 Å². The second kappa shape index (κ2) is 5.17. The minimum atomic E-state index is -0.422. The van der Waals surface area contributed by atoms with Crippen molar-refractivity contribution in [3.63, 3.8) is 0 Å². The van der Waals surface area contributed by atoms with Gasteiger partial charge >= 0.3 is 0 Å². The van der Waals surface area contributed by atoms with Gasteiger partial charge in [0, 0.05) is 19.0 Å². The molecule has 21 heavy (non-hydrogen) atoms. The molecule has 1 aromatic carbocycles. The molecule has 0 unspecified atom stereocenters. The van der Waals surface area contributed by atoms with E-state index in [1.54, 1.807) is 0 Å². The molecule has 2 aliphatic rings. The average molecular weight is 286 g/mol. The van der Waals surface area contributed by atoms with Crippen LogP contribution >= 0.6 is 0 Å². The summed E-state index contributed by atoms with van der Waals surface area (Å²) in [6.45, 7) is 4.57. The minimum absolute atomic E-state index is 0.0136. The predicted molar refractivity (Wildman–Crippen MR) is 80.5 cm³/mol. The highest BCUT2D eigenvalue weighted by Gasteiger charge is 2.42. The van der Waals surface area contributed by atoms with Crippen LogP contribution in [0.4, 0.5) is 0 Å². The summed E-state index contributed by atoms with van der Waals surface area (Å²) >= 11 is 0. The average Bonchev–Trinajstić information content (AvgIpc) is 3.22. The first kappa shape index (κ1) is 14.1. The fourth-order valence-corrected chi connectivity index (χ4v) is 2.98.